The second kappa shape index (κ2) is 5.83. The van der Waals surface area contributed by atoms with Gasteiger partial charge in [0.05, 0.1) is 0 Å². The highest BCUT2D eigenvalue weighted by molar-refractivity contribution is 7.99. The van der Waals surface area contributed by atoms with Crippen LogP contribution in [-0.2, 0) is 0 Å². The summed E-state index contributed by atoms with van der Waals surface area (Å²) in [6.45, 7) is 0. The van der Waals surface area contributed by atoms with E-state index in [0.29, 0.717) is 16.9 Å². The zero-order chi connectivity index (χ0) is 12.3. The number of benzene rings is 1. The molecule has 0 spiro atoms. The van der Waals surface area contributed by atoms with Gasteiger partial charge in [0.2, 0.25) is 0 Å². The lowest BCUT2D eigenvalue weighted by molar-refractivity contribution is 0.470. The van der Waals surface area contributed by atoms with Crippen LogP contribution in [0.4, 0.5) is 8.78 Å². The van der Waals surface area contributed by atoms with Gasteiger partial charge in [-0.2, -0.15) is 0 Å². The molecule has 0 saturated heterocycles. The first-order chi connectivity index (χ1) is 8.16. The third-order valence-electron chi connectivity index (χ3n) is 3.36. The summed E-state index contributed by atoms with van der Waals surface area (Å²) in [5.74, 6) is 0.433. The Kier molecular flexibility index (Phi) is 4.40. The highest BCUT2D eigenvalue weighted by Crippen LogP contribution is 2.30. The maximum absolute atomic E-state index is 13.3. The third-order valence-corrected chi connectivity index (χ3v) is 4.44. The predicted molar refractivity (Wildman–Crippen MR) is 67.0 cm³/mol. The number of hydrogen-bond donors (Lipinski definition) is 1. The molecule has 1 aromatic carbocycles. The van der Waals surface area contributed by atoms with Crippen molar-refractivity contribution in [1.82, 2.24) is 0 Å². The number of rotatable bonds is 4. The van der Waals surface area contributed by atoms with Crippen LogP contribution >= 0.6 is 11.8 Å². The summed E-state index contributed by atoms with van der Waals surface area (Å²) in [6, 6.07) is 4.05. The molecule has 0 bridgehead atoms. The first-order valence-corrected chi connectivity index (χ1v) is 6.99. The van der Waals surface area contributed by atoms with E-state index >= 15 is 0 Å². The average molecular weight is 257 g/mol. The molecule has 2 N–H and O–H groups in total. The van der Waals surface area contributed by atoms with Gasteiger partial charge in [0.15, 0.2) is 0 Å². The van der Waals surface area contributed by atoms with E-state index < -0.39 is 11.6 Å². The summed E-state index contributed by atoms with van der Waals surface area (Å²) < 4.78 is 26.0. The molecule has 0 radical (unpaired) electrons. The minimum absolute atomic E-state index is 0.314. The Hall–Kier alpha value is -0.610. The van der Waals surface area contributed by atoms with Crippen molar-refractivity contribution < 1.29 is 8.78 Å². The average Bonchev–Trinajstić information content (AvgIpc) is 2.68. The highest BCUT2D eigenvalue weighted by atomic mass is 32.2. The Balaban J connectivity index is 1.81. The molecule has 1 nitrogen and oxygen atoms in total. The molecule has 17 heavy (non-hydrogen) atoms. The summed E-state index contributed by atoms with van der Waals surface area (Å²) >= 11 is 1.45. The van der Waals surface area contributed by atoms with Gasteiger partial charge in [0.1, 0.15) is 11.6 Å². The van der Waals surface area contributed by atoms with E-state index in [-0.39, 0.29) is 0 Å². The predicted octanol–water partition coefficient (Wildman–Crippen LogP) is 3.57. The first kappa shape index (κ1) is 12.8. The molecule has 0 aromatic heterocycles. The number of hydrogen-bond acceptors (Lipinski definition) is 2. The Morgan fingerprint density at radius 1 is 1.29 bits per heavy atom. The van der Waals surface area contributed by atoms with Crippen LogP contribution in [0.1, 0.15) is 25.7 Å². The van der Waals surface area contributed by atoms with Crippen molar-refractivity contribution in [1.29, 1.82) is 0 Å². The van der Waals surface area contributed by atoms with Crippen molar-refractivity contribution >= 4 is 11.8 Å². The first-order valence-electron chi connectivity index (χ1n) is 6.00. The van der Waals surface area contributed by atoms with Crippen molar-refractivity contribution in [3.8, 4) is 0 Å². The Bertz CT molecular complexity index is 384. The van der Waals surface area contributed by atoms with E-state index in [0.717, 1.165) is 24.7 Å². The molecule has 2 rings (SSSR count). The Morgan fingerprint density at radius 3 is 2.76 bits per heavy atom. The van der Waals surface area contributed by atoms with Gasteiger partial charge in [0, 0.05) is 17.0 Å². The molecule has 0 aliphatic heterocycles. The van der Waals surface area contributed by atoms with Gasteiger partial charge in [-0.1, -0.05) is 6.42 Å². The van der Waals surface area contributed by atoms with Crippen LogP contribution in [0.25, 0.3) is 0 Å². The second-order valence-electron chi connectivity index (χ2n) is 4.57. The fraction of sp³-hybridized carbons (Fsp3) is 0.538. The quantitative estimate of drug-likeness (QED) is 0.834. The maximum atomic E-state index is 13.3. The lowest BCUT2D eigenvalue weighted by Crippen LogP contribution is -2.24. The standard InChI is InChI=1S/C13H17F2NS/c14-10-4-5-13(11(15)8-10)17-7-6-9-2-1-3-12(9)16/h4-5,8-9,12H,1-3,6-7,16H2. The summed E-state index contributed by atoms with van der Waals surface area (Å²) in [5.41, 5.74) is 5.98. The van der Waals surface area contributed by atoms with Gasteiger partial charge >= 0.3 is 0 Å². The lowest BCUT2D eigenvalue weighted by Gasteiger charge is -2.14. The third kappa shape index (κ3) is 3.42. The van der Waals surface area contributed by atoms with E-state index in [1.54, 1.807) is 0 Å². The van der Waals surface area contributed by atoms with Gasteiger partial charge in [-0.25, -0.2) is 8.78 Å². The van der Waals surface area contributed by atoms with Crippen LogP contribution in [0, 0.1) is 17.6 Å². The maximum Gasteiger partial charge on any atom is 0.139 e. The SMILES string of the molecule is NC1CCCC1CCSc1ccc(F)cc1F. The minimum atomic E-state index is -0.523. The van der Waals surface area contributed by atoms with Crippen LogP contribution in [0.3, 0.4) is 0 Å². The van der Waals surface area contributed by atoms with Gasteiger partial charge in [-0.05, 0) is 43.1 Å². The van der Waals surface area contributed by atoms with E-state index in [4.69, 9.17) is 5.73 Å². The molecule has 2 unspecified atom stereocenters. The summed E-state index contributed by atoms with van der Waals surface area (Å²) in [6.07, 6.45) is 4.53. The molecule has 1 aliphatic carbocycles. The molecule has 1 aliphatic rings. The fourth-order valence-corrected chi connectivity index (χ4v) is 3.34. The molecule has 0 amide bonds. The zero-order valence-corrected chi connectivity index (χ0v) is 10.5. The molecule has 94 valence electrons. The van der Waals surface area contributed by atoms with Crippen molar-refractivity contribution in [2.24, 2.45) is 11.7 Å². The van der Waals surface area contributed by atoms with Crippen LogP contribution in [-0.4, -0.2) is 11.8 Å². The van der Waals surface area contributed by atoms with E-state index in [1.165, 1.54) is 36.7 Å². The number of nitrogens with two attached hydrogens (primary N) is 1. The van der Waals surface area contributed by atoms with Crippen LogP contribution in [0.2, 0.25) is 0 Å². The molecular formula is C13H17F2NS. The highest BCUT2D eigenvalue weighted by Gasteiger charge is 2.23. The van der Waals surface area contributed by atoms with E-state index in [1.807, 2.05) is 0 Å². The number of halogens is 2. The molecule has 1 aromatic rings. The zero-order valence-electron chi connectivity index (χ0n) is 9.66. The summed E-state index contributed by atoms with van der Waals surface area (Å²) in [4.78, 5) is 0.526. The smallest absolute Gasteiger partial charge is 0.139 e. The molecule has 1 saturated carbocycles. The van der Waals surface area contributed by atoms with Crippen molar-refractivity contribution in [2.75, 3.05) is 5.75 Å². The van der Waals surface area contributed by atoms with Gasteiger partial charge < -0.3 is 5.73 Å². The minimum Gasteiger partial charge on any atom is -0.327 e. The fourth-order valence-electron chi connectivity index (χ4n) is 2.34. The molecule has 0 heterocycles. The second-order valence-corrected chi connectivity index (χ2v) is 5.70. The van der Waals surface area contributed by atoms with Gasteiger partial charge in [-0.15, -0.1) is 11.8 Å². The summed E-state index contributed by atoms with van der Waals surface area (Å²) in [5, 5.41) is 0. The van der Waals surface area contributed by atoms with Crippen molar-refractivity contribution in [2.45, 2.75) is 36.6 Å². The molecule has 4 heteroatoms. The van der Waals surface area contributed by atoms with Crippen LogP contribution in [0.5, 0.6) is 0 Å². The Morgan fingerprint density at radius 2 is 2.12 bits per heavy atom. The molecular weight excluding hydrogens is 240 g/mol. The van der Waals surface area contributed by atoms with Gasteiger partial charge in [-0.3, -0.25) is 0 Å². The Labute approximate surface area is 105 Å². The van der Waals surface area contributed by atoms with Crippen LogP contribution < -0.4 is 5.73 Å². The van der Waals surface area contributed by atoms with Crippen molar-refractivity contribution in [3.05, 3.63) is 29.8 Å². The molecule has 2 atom stereocenters. The van der Waals surface area contributed by atoms with E-state index in [2.05, 4.69) is 0 Å². The summed E-state index contributed by atoms with van der Waals surface area (Å²) in [7, 11) is 0. The normalized spacial score (nSPS) is 24.2. The van der Waals surface area contributed by atoms with Gasteiger partial charge in [0.25, 0.3) is 0 Å². The lowest BCUT2D eigenvalue weighted by atomic mass is 10.0. The van der Waals surface area contributed by atoms with E-state index in [9.17, 15) is 8.78 Å². The topological polar surface area (TPSA) is 26.0 Å². The monoisotopic (exact) mass is 257 g/mol. The molecule has 1 fully saturated rings. The largest absolute Gasteiger partial charge is 0.327 e. The number of thioether (sulfide) groups is 1. The van der Waals surface area contributed by atoms with Crippen molar-refractivity contribution in [3.63, 3.8) is 0 Å². The van der Waals surface area contributed by atoms with Crippen LogP contribution in [0.15, 0.2) is 23.1 Å².